The van der Waals surface area contributed by atoms with E-state index in [1.807, 2.05) is 26.0 Å². The summed E-state index contributed by atoms with van der Waals surface area (Å²) in [6.07, 6.45) is 0. The van der Waals surface area contributed by atoms with Gasteiger partial charge >= 0.3 is 0 Å². The lowest BCUT2D eigenvalue weighted by Gasteiger charge is -2.09. The maximum Gasteiger partial charge on any atom is 0.252 e. The molecule has 126 valence electrons. The van der Waals surface area contributed by atoms with Gasteiger partial charge in [-0.15, -0.1) is 0 Å². The Kier molecular flexibility index (Phi) is 4.73. The number of pyridine rings is 1. The number of methoxy groups -OCH3 is 1. The number of hydrogen-bond donors (Lipinski definition) is 2. The summed E-state index contributed by atoms with van der Waals surface area (Å²) in [7, 11) is 1.57. The molecule has 3 aromatic rings. The molecule has 24 heavy (non-hydrogen) atoms. The van der Waals surface area contributed by atoms with Crippen LogP contribution in [0.2, 0.25) is 0 Å². The molecule has 0 amide bonds. The highest BCUT2D eigenvalue weighted by Crippen LogP contribution is 2.17. The van der Waals surface area contributed by atoms with Crippen molar-refractivity contribution in [1.29, 1.82) is 0 Å². The van der Waals surface area contributed by atoms with Crippen molar-refractivity contribution < 1.29 is 9.26 Å². The van der Waals surface area contributed by atoms with Crippen molar-refractivity contribution >= 4 is 10.9 Å². The highest BCUT2D eigenvalue weighted by molar-refractivity contribution is 5.84. The first-order chi connectivity index (χ1) is 11.6. The molecule has 0 unspecified atom stereocenters. The quantitative estimate of drug-likeness (QED) is 0.718. The van der Waals surface area contributed by atoms with Crippen molar-refractivity contribution in [1.82, 2.24) is 20.4 Å². The largest absolute Gasteiger partial charge is 0.375 e. The summed E-state index contributed by atoms with van der Waals surface area (Å²) in [6.45, 7) is 5.19. The predicted molar refractivity (Wildman–Crippen MR) is 89.6 cm³/mol. The molecule has 0 atom stereocenters. The van der Waals surface area contributed by atoms with Crippen LogP contribution < -0.4 is 10.7 Å². The van der Waals surface area contributed by atoms with Gasteiger partial charge in [-0.1, -0.05) is 17.3 Å². The van der Waals surface area contributed by atoms with Crippen LogP contribution in [0.1, 0.15) is 28.5 Å². The summed E-state index contributed by atoms with van der Waals surface area (Å²) in [5.41, 5.74) is 3.78. The predicted octanol–water partition coefficient (Wildman–Crippen LogP) is 1.96. The van der Waals surface area contributed by atoms with Crippen molar-refractivity contribution in [3.63, 3.8) is 0 Å². The third-order valence-electron chi connectivity index (χ3n) is 3.84. The van der Waals surface area contributed by atoms with Gasteiger partial charge in [0.05, 0.1) is 12.1 Å². The lowest BCUT2D eigenvalue weighted by atomic mass is 10.0. The fraction of sp³-hybridized carbons (Fsp3) is 0.353. The molecule has 0 saturated heterocycles. The normalized spacial score (nSPS) is 11.3. The minimum absolute atomic E-state index is 0.0312. The molecular weight excluding hydrogens is 308 g/mol. The molecule has 3 rings (SSSR count). The van der Waals surface area contributed by atoms with E-state index in [1.165, 1.54) is 0 Å². The average molecular weight is 328 g/mol. The number of hydrogen-bond acceptors (Lipinski definition) is 6. The molecule has 7 heteroatoms. The zero-order valence-corrected chi connectivity index (χ0v) is 14.0. The molecule has 2 aromatic heterocycles. The Hall–Kier alpha value is -2.51. The Morgan fingerprint density at radius 2 is 2.04 bits per heavy atom. The molecule has 0 radical (unpaired) electrons. The van der Waals surface area contributed by atoms with Crippen LogP contribution in [0.4, 0.5) is 0 Å². The Balaban J connectivity index is 1.73. The Morgan fingerprint density at radius 1 is 1.25 bits per heavy atom. The lowest BCUT2D eigenvalue weighted by Crippen LogP contribution is -2.17. The van der Waals surface area contributed by atoms with E-state index < -0.39 is 0 Å². The van der Waals surface area contributed by atoms with E-state index in [2.05, 4.69) is 20.4 Å². The highest BCUT2D eigenvalue weighted by atomic mass is 16.5. The van der Waals surface area contributed by atoms with Crippen LogP contribution in [0.3, 0.4) is 0 Å². The number of benzene rings is 1. The van der Waals surface area contributed by atoms with Crippen molar-refractivity contribution in [3.05, 3.63) is 57.0 Å². The molecule has 0 fully saturated rings. The second-order valence-electron chi connectivity index (χ2n) is 5.75. The summed E-state index contributed by atoms with van der Waals surface area (Å²) in [5, 5.41) is 7.81. The minimum Gasteiger partial charge on any atom is -0.375 e. The fourth-order valence-corrected chi connectivity index (χ4v) is 2.66. The SMILES string of the molecule is COCc1nc(CNCc2cc(=O)c3c(C)ccc(C)c3[nH]2)no1. The Bertz CT molecular complexity index is 914. The van der Waals surface area contributed by atoms with Crippen LogP contribution in [0.5, 0.6) is 0 Å². The second kappa shape index (κ2) is 6.94. The number of rotatable bonds is 6. The average Bonchev–Trinajstić information content (AvgIpc) is 2.99. The van der Waals surface area contributed by atoms with E-state index in [4.69, 9.17) is 9.26 Å². The van der Waals surface area contributed by atoms with Gasteiger partial charge in [0.1, 0.15) is 6.61 Å². The van der Waals surface area contributed by atoms with Gasteiger partial charge in [-0.2, -0.15) is 4.98 Å². The van der Waals surface area contributed by atoms with E-state index in [0.29, 0.717) is 31.4 Å². The summed E-state index contributed by atoms with van der Waals surface area (Å²) >= 11 is 0. The molecular formula is C17H20N4O3. The van der Waals surface area contributed by atoms with Crippen molar-refractivity contribution in [2.45, 2.75) is 33.5 Å². The molecule has 0 bridgehead atoms. The van der Waals surface area contributed by atoms with E-state index >= 15 is 0 Å². The molecule has 0 aliphatic rings. The summed E-state index contributed by atoms with van der Waals surface area (Å²) in [5.74, 6) is 0.997. The van der Waals surface area contributed by atoms with Gasteiger partial charge < -0.3 is 19.6 Å². The number of fused-ring (bicyclic) bond motifs is 1. The maximum absolute atomic E-state index is 12.4. The first-order valence-electron chi connectivity index (χ1n) is 7.71. The fourth-order valence-electron chi connectivity index (χ4n) is 2.66. The van der Waals surface area contributed by atoms with Crippen molar-refractivity contribution in [3.8, 4) is 0 Å². The van der Waals surface area contributed by atoms with Crippen LogP contribution in [0.15, 0.2) is 27.5 Å². The van der Waals surface area contributed by atoms with Gasteiger partial charge in [0.2, 0.25) is 0 Å². The second-order valence-corrected chi connectivity index (χ2v) is 5.75. The number of aryl methyl sites for hydroxylation is 2. The first kappa shape index (κ1) is 16.4. The standard InChI is InChI=1S/C17H20N4O3/c1-10-4-5-11(2)17-16(10)13(22)6-12(19-17)7-18-8-14-20-15(9-23-3)24-21-14/h4-6,18H,7-9H2,1-3H3,(H,19,22). The molecule has 0 saturated carbocycles. The summed E-state index contributed by atoms with van der Waals surface area (Å²) < 4.78 is 9.96. The number of aromatic nitrogens is 3. The zero-order valence-electron chi connectivity index (χ0n) is 14.0. The molecule has 0 aliphatic carbocycles. The van der Waals surface area contributed by atoms with Crippen LogP contribution in [0.25, 0.3) is 10.9 Å². The number of H-pyrrole nitrogens is 1. The van der Waals surface area contributed by atoms with E-state index in [9.17, 15) is 4.79 Å². The van der Waals surface area contributed by atoms with E-state index in [0.717, 1.165) is 27.7 Å². The Labute approximate surface area is 139 Å². The van der Waals surface area contributed by atoms with Crippen LogP contribution in [-0.4, -0.2) is 22.2 Å². The topological polar surface area (TPSA) is 93.0 Å². The third kappa shape index (κ3) is 3.37. The van der Waals surface area contributed by atoms with Gasteiger partial charge in [0.25, 0.3) is 5.89 Å². The lowest BCUT2D eigenvalue weighted by molar-refractivity contribution is 0.151. The third-order valence-corrected chi connectivity index (χ3v) is 3.84. The molecule has 0 spiro atoms. The van der Waals surface area contributed by atoms with Gasteiger partial charge in [0, 0.05) is 30.8 Å². The maximum atomic E-state index is 12.4. The van der Waals surface area contributed by atoms with Crippen molar-refractivity contribution in [2.24, 2.45) is 0 Å². The van der Waals surface area contributed by atoms with Crippen molar-refractivity contribution in [2.75, 3.05) is 7.11 Å². The highest BCUT2D eigenvalue weighted by Gasteiger charge is 2.08. The summed E-state index contributed by atoms with van der Waals surface area (Å²) in [4.78, 5) is 19.9. The van der Waals surface area contributed by atoms with Crippen LogP contribution in [-0.2, 0) is 24.4 Å². The smallest absolute Gasteiger partial charge is 0.252 e. The van der Waals surface area contributed by atoms with E-state index in [1.54, 1.807) is 13.2 Å². The monoisotopic (exact) mass is 328 g/mol. The molecule has 2 heterocycles. The Morgan fingerprint density at radius 3 is 2.83 bits per heavy atom. The van der Waals surface area contributed by atoms with Crippen LogP contribution >= 0.6 is 0 Å². The van der Waals surface area contributed by atoms with Gasteiger partial charge in [-0.05, 0) is 25.0 Å². The number of nitrogens with zero attached hydrogens (tertiary/aromatic N) is 2. The first-order valence-corrected chi connectivity index (χ1v) is 7.71. The molecule has 2 N–H and O–H groups in total. The van der Waals surface area contributed by atoms with Gasteiger partial charge in [-0.3, -0.25) is 4.79 Å². The number of nitrogens with one attached hydrogen (secondary N) is 2. The summed E-state index contributed by atoms with van der Waals surface area (Å²) in [6, 6.07) is 5.62. The number of ether oxygens (including phenoxy) is 1. The van der Waals surface area contributed by atoms with E-state index in [-0.39, 0.29) is 5.43 Å². The zero-order chi connectivity index (χ0) is 17.1. The minimum atomic E-state index is 0.0312. The molecule has 1 aromatic carbocycles. The molecule has 0 aliphatic heterocycles. The van der Waals surface area contributed by atoms with Gasteiger partial charge in [0.15, 0.2) is 11.3 Å². The van der Waals surface area contributed by atoms with Crippen LogP contribution in [0, 0.1) is 13.8 Å². The van der Waals surface area contributed by atoms with Gasteiger partial charge in [-0.25, -0.2) is 0 Å². The molecule has 7 nitrogen and oxygen atoms in total. The number of aromatic amines is 1.